The average molecular weight is 247 g/mol. The minimum atomic E-state index is 0.208. The molecular weight excluding hydrogens is 230 g/mol. The molecule has 0 saturated heterocycles. The van der Waals surface area contributed by atoms with Crippen LogP contribution in [0.25, 0.3) is 0 Å². The minimum absolute atomic E-state index is 0.208. The molecule has 0 amide bonds. The van der Waals surface area contributed by atoms with Crippen LogP contribution in [0.5, 0.6) is 0 Å². The predicted octanol–water partition coefficient (Wildman–Crippen LogP) is 2.85. The second-order valence-corrected chi connectivity index (χ2v) is 4.91. The van der Waals surface area contributed by atoms with Gasteiger partial charge in [0, 0.05) is 0 Å². The second kappa shape index (κ2) is 5.38. The molecule has 0 aliphatic carbocycles. The van der Waals surface area contributed by atoms with Crippen molar-refractivity contribution < 1.29 is 0 Å². The number of rotatable bonds is 4. The molecule has 1 atom stereocenters. The highest BCUT2D eigenvalue weighted by Crippen LogP contribution is 2.27. The van der Waals surface area contributed by atoms with E-state index in [4.69, 9.17) is 0 Å². The summed E-state index contributed by atoms with van der Waals surface area (Å²) in [5, 5.41) is 7.60. The van der Waals surface area contributed by atoms with E-state index in [0.717, 1.165) is 12.2 Å². The molecule has 0 fully saturated rings. The Hall–Kier alpha value is -1.26. The van der Waals surface area contributed by atoms with Gasteiger partial charge in [-0.2, -0.15) is 0 Å². The van der Waals surface area contributed by atoms with Crippen LogP contribution in [0.3, 0.4) is 0 Å². The average Bonchev–Trinajstić information content (AvgIpc) is 2.72. The zero-order valence-corrected chi connectivity index (χ0v) is 11.2. The molecule has 0 aliphatic rings. The Morgan fingerprint density at radius 1 is 1.35 bits per heavy atom. The number of nitrogens with zero attached hydrogens (tertiary/aromatic N) is 2. The molecule has 0 radical (unpaired) electrons. The fourth-order valence-electron chi connectivity index (χ4n) is 1.92. The minimum Gasteiger partial charge on any atom is -0.306 e. The molecule has 2 rings (SSSR count). The van der Waals surface area contributed by atoms with E-state index in [1.807, 2.05) is 6.92 Å². The van der Waals surface area contributed by atoms with Crippen molar-refractivity contribution in [2.45, 2.75) is 26.8 Å². The van der Waals surface area contributed by atoms with E-state index < -0.39 is 0 Å². The van der Waals surface area contributed by atoms with Gasteiger partial charge < -0.3 is 5.32 Å². The summed E-state index contributed by atoms with van der Waals surface area (Å²) in [5.74, 6) is 0. The summed E-state index contributed by atoms with van der Waals surface area (Å²) >= 11 is 1.47. The Labute approximate surface area is 106 Å². The van der Waals surface area contributed by atoms with E-state index >= 15 is 0 Å². The van der Waals surface area contributed by atoms with Crippen LogP contribution in [-0.4, -0.2) is 16.1 Å². The van der Waals surface area contributed by atoms with Crippen LogP contribution in [0.4, 0.5) is 0 Å². The van der Waals surface area contributed by atoms with Crippen LogP contribution in [-0.2, 0) is 0 Å². The van der Waals surface area contributed by atoms with Gasteiger partial charge in [0.2, 0.25) is 0 Å². The maximum atomic E-state index is 4.10. The monoisotopic (exact) mass is 247 g/mol. The first kappa shape index (κ1) is 12.2. The van der Waals surface area contributed by atoms with Gasteiger partial charge >= 0.3 is 0 Å². The summed E-state index contributed by atoms with van der Waals surface area (Å²) in [6.45, 7) is 7.17. The summed E-state index contributed by atoms with van der Waals surface area (Å²) in [7, 11) is 0. The van der Waals surface area contributed by atoms with Crippen molar-refractivity contribution in [1.82, 2.24) is 14.9 Å². The molecule has 90 valence electrons. The molecular formula is C13H17N3S. The van der Waals surface area contributed by atoms with Crippen molar-refractivity contribution in [2.24, 2.45) is 0 Å². The normalized spacial score (nSPS) is 12.6. The van der Waals surface area contributed by atoms with Crippen LogP contribution in [0.1, 0.15) is 34.7 Å². The van der Waals surface area contributed by atoms with E-state index in [1.165, 1.54) is 27.5 Å². The molecule has 17 heavy (non-hydrogen) atoms. The molecule has 1 unspecified atom stereocenters. The highest BCUT2D eigenvalue weighted by atomic mass is 32.1. The number of aromatic nitrogens is 2. The van der Waals surface area contributed by atoms with Crippen LogP contribution in [0.2, 0.25) is 0 Å². The lowest BCUT2D eigenvalue weighted by Gasteiger charge is -2.17. The maximum Gasteiger partial charge on any atom is 0.0776 e. The zero-order chi connectivity index (χ0) is 12.3. The number of nitrogens with one attached hydrogen (secondary N) is 1. The first-order chi connectivity index (χ1) is 8.22. The molecule has 1 heterocycles. The van der Waals surface area contributed by atoms with Gasteiger partial charge in [-0.3, -0.25) is 0 Å². The number of aryl methyl sites for hydroxylation is 2. The van der Waals surface area contributed by atoms with Gasteiger partial charge in [-0.25, -0.2) is 0 Å². The van der Waals surface area contributed by atoms with Crippen LogP contribution < -0.4 is 5.32 Å². The zero-order valence-electron chi connectivity index (χ0n) is 10.4. The predicted molar refractivity (Wildman–Crippen MR) is 71.3 cm³/mol. The molecule has 4 heteroatoms. The van der Waals surface area contributed by atoms with Crippen molar-refractivity contribution in [1.29, 1.82) is 0 Å². The van der Waals surface area contributed by atoms with Gasteiger partial charge in [-0.05, 0) is 37.5 Å². The van der Waals surface area contributed by atoms with Gasteiger partial charge in [0.15, 0.2) is 0 Å². The SMILES string of the molecule is CCNC(c1cccc(C)c1)c1snnc1C. The van der Waals surface area contributed by atoms with E-state index in [2.05, 4.69) is 53.0 Å². The van der Waals surface area contributed by atoms with Crippen LogP contribution in [0, 0.1) is 13.8 Å². The molecule has 0 aliphatic heterocycles. The molecule has 1 aromatic carbocycles. The Morgan fingerprint density at radius 2 is 2.18 bits per heavy atom. The summed E-state index contributed by atoms with van der Waals surface area (Å²) in [5.41, 5.74) is 3.57. The number of benzene rings is 1. The highest BCUT2D eigenvalue weighted by Gasteiger charge is 2.18. The molecule has 1 aromatic heterocycles. The van der Waals surface area contributed by atoms with E-state index in [9.17, 15) is 0 Å². The van der Waals surface area contributed by atoms with E-state index in [0.29, 0.717) is 0 Å². The van der Waals surface area contributed by atoms with Crippen molar-refractivity contribution in [3.05, 3.63) is 46.0 Å². The van der Waals surface area contributed by atoms with E-state index in [1.54, 1.807) is 0 Å². The van der Waals surface area contributed by atoms with Crippen LogP contribution in [0.15, 0.2) is 24.3 Å². The second-order valence-electron chi connectivity index (χ2n) is 4.13. The first-order valence-electron chi connectivity index (χ1n) is 5.81. The Balaban J connectivity index is 2.39. The summed E-state index contributed by atoms with van der Waals surface area (Å²) < 4.78 is 4.02. The summed E-state index contributed by atoms with van der Waals surface area (Å²) in [6.07, 6.45) is 0. The fourth-order valence-corrected chi connectivity index (χ4v) is 2.67. The summed E-state index contributed by atoms with van der Waals surface area (Å²) in [4.78, 5) is 1.21. The Bertz CT molecular complexity index is 493. The van der Waals surface area contributed by atoms with Crippen LogP contribution >= 0.6 is 11.5 Å². The van der Waals surface area contributed by atoms with Gasteiger partial charge in [-0.1, -0.05) is 41.2 Å². The lowest BCUT2D eigenvalue weighted by atomic mass is 10.0. The number of hydrogen-bond acceptors (Lipinski definition) is 4. The standard InChI is InChI=1S/C13H17N3S/c1-4-14-12(13-10(3)15-16-17-13)11-7-5-6-9(2)8-11/h5-8,12,14H,4H2,1-3H3. The highest BCUT2D eigenvalue weighted by molar-refractivity contribution is 7.05. The first-order valence-corrected chi connectivity index (χ1v) is 6.58. The Morgan fingerprint density at radius 3 is 2.76 bits per heavy atom. The van der Waals surface area contributed by atoms with Crippen molar-refractivity contribution in [3.8, 4) is 0 Å². The molecule has 0 spiro atoms. The third kappa shape index (κ3) is 2.70. The van der Waals surface area contributed by atoms with E-state index in [-0.39, 0.29) is 6.04 Å². The molecule has 2 aromatic rings. The molecule has 0 bridgehead atoms. The van der Waals surface area contributed by atoms with Crippen molar-refractivity contribution in [2.75, 3.05) is 6.54 Å². The molecule has 3 nitrogen and oxygen atoms in total. The third-order valence-electron chi connectivity index (χ3n) is 2.73. The maximum absolute atomic E-state index is 4.10. The summed E-state index contributed by atoms with van der Waals surface area (Å²) in [6, 6.07) is 8.79. The lowest BCUT2D eigenvalue weighted by Crippen LogP contribution is -2.21. The van der Waals surface area contributed by atoms with Gasteiger partial charge in [-0.15, -0.1) is 5.10 Å². The smallest absolute Gasteiger partial charge is 0.0776 e. The van der Waals surface area contributed by atoms with Gasteiger partial charge in [0.1, 0.15) is 0 Å². The molecule has 0 saturated carbocycles. The number of hydrogen-bond donors (Lipinski definition) is 1. The largest absolute Gasteiger partial charge is 0.306 e. The van der Waals surface area contributed by atoms with Gasteiger partial charge in [0.25, 0.3) is 0 Å². The topological polar surface area (TPSA) is 37.8 Å². The van der Waals surface area contributed by atoms with Crippen molar-refractivity contribution >= 4 is 11.5 Å². The fraction of sp³-hybridized carbons (Fsp3) is 0.385. The Kier molecular flexibility index (Phi) is 3.86. The third-order valence-corrected chi connectivity index (χ3v) is 3.62. The van der Waals surface area contributed by atoms with Gasteiger partial charge in [0.05, 0.1) is 16.6 Å². The quantitative estimate of drug-likeness (QED) is 0.902. The van der Waals surface area contributed by atoms with Crippen molar-refractivity contribution in [3.63, 3.8) is 0 Å². The molecule has 1 N–H and O–H groups in total. The lowest BCUT2D eigenvalue weighted by molar-refractivity contribution is 0.635.